The molecule has 1 atom stereocenters. The molecule has 2 fully saturated rings. The van der Waals surface area contributed by atoms with E-state index >= 15 is 0 Å². The van der Waals surface area contributed by atoms with Crippen LogP contribution in [0.15, 0.2) is 0 Å². The number of rotatable bonds is 5. The summed E-state index contributed by atoms with van der Waals surface area (Å²) in [5.74, 6) is 0.672. The number of nitrogens with zero attached hydrogens (tertiary/aromatic N) is 1. The molecule has 1 N–H and O–H groups in total. The van der Waals surface area contributed by atoms with Crippen LogP contribution in [0.4, 0.5) is 0 Å². The molecule has 1 unspecified atom stereocenters. The minimum absolute atomic E-state index is 0.413. The van der Waals surface area contributed by atoms with Crippen LogP contribution < -0.4 is 5.32 Å². The minimum Gasteiger partial charge on any atom is -0.380 e. The molecule has 19 heavy (non-hydrogen) atoms. The van der Waals surface area contributed by atoms with E-state index in [9.17, 15) is 0 Å². The monoisotopic (exact) mass is 268 g/mol. The molecular formula is C16H32N2O. The van der Waals surface area contributed by atoms with Gasteiger partial charge in [0.1, 0.15) is 0 Å². The molecule has 1 saturated heterocycles. The Kier molecular flexibility index (Phi) is 5.67. The van der Waals surface area contributed by atoms with Crippen molar-refractivity contribution in [3.8, 4) is 0 Å². The molecule has 1 heterocycles. The van der Waals surface area contributed by atoms with Crippen molar-refractivity contribution < 1.29 is 4.74 Å². The van der Waals surface area contributed by atoms with E-state index in [-0.39, 0.29) is 0 Å². The Balaban J connectivity index is 1.97. The zero-order valence-electron chi connectivity index (χ0n) is 13.1. The fourth-order valence-corrected chi connectivity index (χ4v) is 3.79. The fourth-order valence-electron chi connectivity index (χ4n) is 3.79. The lowest BCUT2D eigenvalue weighted by molar-refractivity contribution is 0.00401. The van der Waals surface area contributed by atoms with Crippen molar-refractivity contribution in [3.63, 3.8) is 0 Å². The maximum absolute atomic E-state index is 5.72. The highest BCUT2D eigenvalue weighted by Crippen LogP contribution is 2.31. The highest BCUT2D eigenvalue weighted by molar-refractivity contribution is 4.98. The average molecular weight is 268 g/mol. The molecule has 0 bridgehead atoms. The van der Waals surface area contributed by atoms with Gasteiger partial charge < -0.3 is 10.1 Å². The van der Waals surface area contributed by atoms with Crippen molar-refractivity contribution in [2.24, 2.45) is 5.92 Å². The van der Waals surface area contributed by atoms with Crippen LogP contribution >= 0.6 is 0 Å². The molecule has 1 saturated carbocycles. The highest BCUT2D eigenvalue weighted by Gasteiger charge is 2.38. The molecule has 1 aliphatic carbocycles. The molecule has 0 aromatic rings. The normalized spacial score (nSPS) is 25.9. The quantitative estimate of drug-likeness (QED) is 0.829. The van der Waals surface area contributed by atoms with E-state index in [1.54, 1.807) is 0 Å². The third-order valence-electron chi connectivity index (χ3n) is 4.95. The Morgan fingerprint density at radius 3 is 2.58 bits per heavy atom. The summed E-state index contributed by atoms with van der Waals surface area (Å²) in [5, 5.41) is 3.83. The summed E-state index contributed by atoms with van der Waals surface area (Å²) in [4.78, 5) is 2.70. The van der Waals surface area contributed by atoms with Crippen molar-refractivity contribution in [1.29, 1.82) is 0 Å². The molecule has 0 amide bonds. The molecular weight excluding hydrogens is 236 g/mol. The second kappa shape index (κ2) is 7.05. The Bertz CT molecular complexity index is 256. The van der Waals surface area contributed by atoms with E-state index in [0.29, 0.717) is 17.5 Å². The van der Waals surface area contributed by atoms with Gasteiger partial charge in [-0.05, 0) is 25.7 Å². The molecule has 1 aliphatic heterocycles. The van der Waals surface area contributed by atoms with Crippen molar-refractivity contribution in [1.82, 2.24) is 10.2 Å². The Hall–Kier alpha value is -0.120. The molecule has 0 aromatic carbocycles. The maximum Gasteiger partial charge on any atom is 0.0624 e. The zero-order valence-corrected chi connectivity index (χ0v) is 13.1. The zero-order chi connectivity index (χ0) is 13.7. The van der Waals surface area contributed by atoms with Crippen molar-refractivity contribution >= 4 is 0 Å². The topological polar surface area (TPSA) is 24.5 Å². The summed E-state index contributed by atoms with van der Waals surface area (Å²) in [6, 6.07) is 0.584. The first-order chi connectivity index (χ1) is 9.17. The van der Waals surface area contributed by atoms with Crippen LogP contribution in [0.2, 0.25) is 0 Å². The predicted molar refractivity (Wildman–Crippen MR) is 80.5 cm³/mol. The van der Waals surface area contributed by atoms with Gasteiger partial charge >= 0.3 is 0 Å². The molecule has 0 aromatic heterocycles. The van der Waals surface area contributed by atoms with Gasteiger partial charge in [-0.15, -0.1) is 0 Å². The number of piperazine rings is 1. The fraction of sp³-hybridized carbons (Fsp3) is 1.00. The first kappa shape index (κ1) is 15.3. The van der Waals surface area contributed by atoms with Crippen LogP contribution in [0.5, 0.6) is 0 Å². The van der Waals surface area contributed by atoms with Gasteiger partial charge in [-0.2, -0.15) is 0 Å². The first-order valence-electron chi connectivity index (χ1n) is 8.24. The second-order valence-electron chi connectivity index (χ2n) is 6.71. The van der Waals surface area contributed by atoms with E-state index in [4.69, 9.17) is 4.74 Å². The van der Waals surface area contributed by atoms with Crippen LogP contribution in [-0.4, -0.2) is 49.3 Å². The Labute approximate surface area is 119 Å². The van der Waals surface area contributed by atoms with E-state index in [1.165, 1.54) is 45.2 Å². The lowest BCUT2D eigenvalue weighted by Crippen LogP contribution is -2.64. The summed E-state index contributed by atoms with van der Waals surface area (Å²) < 4.78 is 5.72. The number of hydrogen-bond donors (Lipinski definition) is 1. The number of nitrogens with one attached hydrogen (secondary N) is 1. The van der Waals surface area contributed by atoms with Gasteiger partial charge in [-0.25, -0.2) is 0 Å². The highest BCUT2D eigenvalue weighted by atomic mass is 16.5. The van der Waals surface area contributed by atoms with Gasteiger partial charge in [0, 0.05) is 37.8 Å². The molecule has 3 heteroatoms. The first-order valence-corrected chi connectivity index (χ1v) is 8.24. The summed E-state index contributed by atoms with van der Waals surface area (Å²) >= 11 is 0. The average Bonchev–Trinajstić information content (AvgIpc) is 2.40. The van der Waals surface area contributed by atoms with E-state index < -0.39 is 0 Å². The summed E-state index contributed by atoms with van der Waals surface area (Å²) in [7, 11) is 0. The van der Waals surface area contributed by atoms with Crippen LogP contribution in [0.25, 0.3) is 0 Å². The predicted octanol–water partition coefficient (Wildman–Crippen LogP) is 2.66. The molecule has 2 aliphatic rings. The maximum atomic E-state index is 5.72. The van der Waals surface area contributed by atoms with E-state index in [2.05, 4.69) is 31.0 Å². The summed E-state index contributed by atoms with van der Waals surface area (Å²) in [6.45, 7) is 12.0. The van der Waals surface area contributed by atoms with Gasteiger partial charge in [-0.1, -0.05) is 33.1 Å². The van der Waals surface area contributed by atoms with Crippen LogP contribution in [0.3, 0.4) is 0 Å². The van der Waals surface area contributed by atoms with Gasteiger partial charge in [0.25, 0.3) is 0 Å². The summed E-state index contributed by atoms with van der Waals surface area (Å²) in [6.07, 6.45) is 6.96. The van der Waals surface area contributed by atoms with Crippen LogP contribution in [0.1, 0.15) is 52.9 Å². The van der Waals surface area contributed by atoms with Gasteiger partial charge in [-0.3, -0.25) is 4.90 Å². The third kappa shape index (κ3) is 3.93. The van der Waals surface area contributed by atoms with Crippen molar-refractivity contribution in [2.75, 3.05) is 32.8 Å². The molecule has 0 radical (unpaired) electrons. The van der Waals surface area contributed by atoms with Crippen LogP contribution in [0, 0.1) is 5.92 Å². The molecule has 3 nitrogen and oxygen atoms in total. The lowest BCUT2D eigenvalue weighted by Gasteiger charge is -2.49. The van der Waals surface area contributed by atoms with Gasteiger partial charge in [0.05, 0.1) is 6.61 Å². The largest absolute Gasteiger partial charge is 0.380 e. The lowest BCUT2D eigenvalue weighted by atomic mass is 9.79. The standard InChI is InChI=1S/C16H32N2O/c1-4-19-12-15(14(2)3)18-11-10-17-16(13-18)8-6-5-7-9-16/h14-15,17H,4-13H2,1-3H3. The van der Waals surface area contributed by atoms with Crippen molar-refractivity contribution in [2.45, 2.75) is 64.5 Å². The minimum atomic E-state index is 0.413. The van der Waals surface area contributed by atoms with Crippen LogP contribution in [-0.2, 0) is 4.74 Å². The number of ether oxygens (including phenoxy) is 1. The third-order valence-corrected chi connectivity index (χ3v) is 4.95. The second-order valence-corrected chi connectivity index (χ2v) is 6.71. The smallest absolute Gasteiger partial charge is 0.0624 e. The van der Waals surface area contributed by atoms with Crippen molar-refractivity contribution in [3.05, 3.63) is 0 Å². The van der Waals surface area contributed by atoms with E-state index in [0.717, 1.165) is 19.8 Å². The molecule has 112 valence electrons. The van der Waals surface area contributed by atoms with Gasteiger partial charge in [0.2, 0.25) is 0 Å². The number of hydrogen-bond acceptors (Lipinski definition) is 3. The molecule has 1 spiro atoms. The molecule has 2 rings (SSSR count). The Morgan fingerprint density at radius 2 is 1.95 bits per heavy atom. The summed E-state index contributed by atoms with van der Waals surface area (Å²) in [5.41, 5.74) is 0.413. The van der Waals surface area contributed by atoms with Gasteiger partial charge in [0.15, 0.2) is 0 Å². The SMILES string of the molecule is CCOCC(C(C)C)N1CCNC2(CCCCC2)C1. The van der Waals surface area contributed by atoms with E-state index in [1.807, 2.05) is 0 Å². The Morgan fingerprint density at radius 1 is 1.21 bits per heavy atom.